The van der Waals surface area contributed by atoms with Gasteiger partial charge in [-0.2, -0.15) is 13.2 Å². The zero-order valence-corrected chi connectivity index (χ0v) is 10.6. The van der Waals surface area contributed by atoms with E-state index in [1.807, 2.05) is 0 Å². The van der Waals surface area contributed by atoms with Gasteiger partial charge in [0, 0.05) is 12.4 Å². The van der Waals surface area contributed by atoms with Crippen molar-refractivity contribution in [2.75, 3.05) is 0 Å². The highest BCUT2D eigenvalue weighted by molar-refractivity contribution is 5.88. The Morgan fingerprint density at radius 2 is 1.86 bits per heavy atom. The maximum Gasteiger partial charge on any atom is 0.419 e. The number of carboxylic acids is 1. The van der Waals surface area contributed by atoms with E-state index in [1.54, 1.807) is 12.1 Å². The summed E-state index contributed by atoms with van der Waals surface area (Å²) in [4.78, 5) is 14.5. The summed E-state index contributed by atoms with van der Waals surface area (Å²) in [7, 11) is 0. The van der Waals surface area contributed by atoms with Crippen molar-refractivity contribution in [3.63, 3.8) is 0 Å². The van der Waals surface area contributed by atoms with Gasteiger partial charge in [-0.05, 0) is 35.9 Å². The Kier molecular flexibility index (Phi) is 4.11. The number of benzene rings is 1. The molecule has 1 N–H and O–H groups in total. The third-order valence-electron chi connectivity index (χ3n) is 2.68. The molecular weight excluding hydrogens is 287 g/mol. The second-order valence-electron chi connectivity index (χ2n) is 4.16. The van der Waals surface area contributed by atoms with E-state index in [0.717, 1.165) is 12.1 Å². The van der Waals surface area contributed by atoms with Crippen LogP contribution >= 0.6 is 0 Å². The van der Waals surface area contributed by atoms with Crippen LogP contribution in [-0.2, 0) is 12.8 Å². The predicted molar refractivity (Wildman–Crippen MR) is 67.0 cm³/mol. The number of alkyl halides is 3. The molecule has 2 rings (SSSR count). The molecule has 7 heteroatoms. The van der Waals surface area contributed by atoms with Gasteiger partial charge in [-0.15, -0.1) is 0 Å². The minimum Gasteiger partial charge on any atom is -0.488 e. The normalized spacial score (nSPS) is 11.2. The first-order valence-corrected chi connectivity index (χ1v) is 5.84. The van der Waals surface area contributed by atoms with Gasteiger partial charge >= 0.3 is 12.1 Å². The van der Waals surface area contributed by atoms with Gasteiger partial charge in [0.15, 0.2) is 0 Å². The molecular formula is C14H10F3NO3. The van der Waals surface area contributed by atoms with Crippen LogP contribution in [0.1, 0.15) is 21.5 Å². The molecule has 0 atom stereocenters. The number of nitrogens with zero attached hydrogens (tertiary/aromatic N) is 1. The number of aromatic carboxylic acids is 1. The Morgan fingerprint density at radius 1 is 1.19 bits per heavy atom. The average molecular weight is 297 g/mol. The summed E-state index contributed by atoms with van der Waals surface area (Å²) >= 11 is 0. The largest absolute Gasteiger partial charge is 0.488 e. The number of pyridine rings is 1. The van der Waals surface area contributed by atoms with E-state index in [1.165, 1.54) is 12.4 Å². The van der Waals surface area contributed by atoms with E-state index in [2.05, 4.69) is 4.98 Å². The molecule has 1 aromatic carbocycles. The van der Waals surface area contributed by atoms with Crippen molar-refractivity contribution in [1.82, 2.24) is 4.98 Å². The van der Waals surface area contributed by atoms with Gasteiger partial charge in [-0.25, -0.2) is 4.79 Å². The lowest BCUT2D eigenvalue weighted by atomic mass is 10.1. The topological polar surface area (TPSA) is 59.4 Å². The summed E-state index contributed by atoms with van der Waals surface area (Å²) in [6.45, 7) is -0.0714. The minimum atomic E-state index is -4.70. The van der Waals surface area contributed by atoms with Gasteiger partial charge in [-0.1, -0.05) is 0 Å². The van der Waals surface area contributed by atoms with Gasteiger partial charge in [0.05, 0.1) is 11.1 Å². The van der Waals surface area contributed by atoms with Gasteiger partial charge < -0.3 is 9.84 Å². The molecule has 0 fully saturated rings. The molecule has 4 nitrogen and oxygen atoms in total. The third kappa shape index (κ3) is 3.71. The van der Waals surface area contributed by atoms with Crippen molar-refractivity contribution in [3.05, 3.63) is 59.4 Å². The SMILES string of the molecule is O=C(O)c1ccc(OCc2ccncc2)c(C(F)(F)F)c1. The standard InChI is InChI=1S/C14H10F3NO3/c15-14(16,17)11-7-10(13(19)20)1-2-12(11)21-8-9-3-5-18-6-4-9/h1-7H,8H2,(H,19,20). The predicted octanol–water partition coefficient (Wildman–Crippen LogP) is 3.38. The molecule has 0 unspecified atom stereocenters. The number of rotatable bonds is 4. The highest BCUT2D eigenvalue weighted by Gasteiger charge is 2.35. The van der Waals surface area contributed by atoms with Crippen LogP contribution in [0.15, 0.2) is 42.7 Å². The summed E-state index contributed by atoms with van der Waals surface area (Å²) in [5.41, 5.74) is -0.907. The van der Waals surface area contributed by atoms with E-state index in [4.69, 9.17) is 9.84 Å². The molecule has 1 aromatic heterocycles. The van der Waals surface area contributed by atoms with Crippen molar-refractivity contribution in [2.45, 2.75) is 12.8 Å². The smallest absolute Gasteiger partial charge is 0.419 e. The Labute approximate surface area is 117 Å². The van der Waals surface area contributed by atoms with Crippen LogP contribution in [0, 0.1) is 0 Å². The molecule has 1 heterocycles. The Hall–Kier alpha value is -2.57. The van der Waals surface area contributed by atoms with E-state index in [0.29, 0.717) is 11.6 Å². The molecule has 21 heavy (non-hydrogen) atoms. The second-order valence-corrected chi connectivity index (χ2v) is 4.16. The van der Waals surface area contributed by atoms with Gasteiger partial charge in [0.25, 0.3) is 0 Å². The van der Waals surface area contributed by atoms with Crippen LogP contribution < -0.4 is 4.74 Å². The van der Waals surface area contributed by atoms with Crippen molar-refractivity contribution in [3.8, 4) is 5.75 Å². The highest BCUT2D eigenvalue weighted by atomic mass is 19.4. The van der Waals surface area contributed by atoms with Crippen LogP contribution in [0.5, 0.6) is 5.75 Å². The summed E-state index contributed by atoms with van der Waals surface area (Å²) in [6.07, 6.45) is -1.70. The Bertz CT molecular complexity index is 642. The highest BCUT2D eigenvalue weighted by Crippen LogP contribution is 2.37. The average Bonchev–Trinajstić information content (AvgIpc) is 2.45. The number of aromatic nitrogens is 1. The van der Waals surface area contributed by atoms with Crippen molar-refractivity contribution in [2.24, 2.45) is 0 Å². The lowest BCUT2D eigenvalue weighted by Gasteiger charge is -2.14. The van der Waals surface area contributed by atoms with E-state index < -0.39 is 29.0 Å². The lowest BCUT2D eigenvalue weighted by molar-refractivity contribution is -0.139. The molecule has 0 aliphatic carbocycles. The van der Waals surface area contributed by atoms with Gasteiger partial charge in [0.2, 0.25) is 0 Å². The molecule has 110 valence electrons. The lowest BCUT2D eigenvalue weighted by Crippen LogP contribution is -2.11. The van der Waals surface area contributed by atoms with Crippen LogP contribution in [0.25, 0.3) is 0 Å². The first-order chi connectivity index (χ1) is 9.88. The maximum atomic E-state index is 12.9. The number of halogens is 3. The zero-order chi connectivity index (χ0) is 15.5. The fraction of sp³-hybridized carbons (Fsp3) is 0.143. The Morgan fingerprint density at radius 3 is 2.43 bits per heavy atom. The van der Waals surface area contributed by atoms with Gasteiger partial charge in [0.1, 0.15) is 12.4 Å². The van der Waals surface area contributed by atoms with E-state index in [-0.39, 0.29) is 6.61 Å². The fourth-order valence-corrected chi connectivity index (χ4v) is 1.65. The monoisotopic (exact) mass is 297 g/mol. The quantitative estimate of drug-likeness (QED) is 0.940. The molecule has 0 aliphatic heterocycles. The van der Waals surface area contributed by atoms with Crippen LogP contribution in [0.4, 0.5) is 13.2 Å². The number of carboxylic acid groups (broad SMARTS) is 1. The van der Waals surface area contributed by atoms with Gasteiger partial charge in [-0.3, -0.25) is 4.98 Å². The van der Waals surface area contributed by atoms with Crippen LogP contribution in [0.3, 0.4) is 0 Å². The molecule has 0 aliphatic rings. The molecule has 0 radical (unpaired) electrons. The van der Waals surface area contributed by atoms with Crippen LogP contribution in [0.2, 0.25) is 0 Å². The molecule has 2 aromatic rings. The number of hydrogen-bond acceptors (Lipinski definition) is 3. The first-order valence-electron chi connectivity index (χ1n) is 5.84. The second kappa shape index (κ2) is 5.82. The summed E-state index contributed by atoms with van der Waals surface area (Å²) in [6, 6.07) is 5.86. The summed E-state index contributed by atoms with van der Waals surface area (Å²) < 4.78 is 43.9. The first kappa shape index (κ1) is 14.8. The molecule has 0 spiro atoms. The van der Waals surface area contributed by atoms with E-state index in [9.17, 15) is 18.0 Å². The number of hydrogen-bond donors (Lipinski definition) is 1. The van der Waals surface area contributed by atoms with Crippen LogP contribution in [-0.4, -0.2) is 16.1 Å². The molecule has 0 saturated carbocycles. The van der Waals surface area contributed by atoms with Crippen molar-refractivity contribution >= 4 is 5.97 Å². The van der Waals surface area contributed by atoms with Crippen molar-refractivity contribution in [1.29, 1.82) is 0 Å². The molecule has 0 saturated heterocycles. The molecule has 0 amide bonds. The maximum absolute atomic E-state index is 12.9. The number of carbonyl (C=O) groups is 1. The zero-order valence-electron chi connectivity index (χ0n) is 10.6. The third-order valence-corrected chi connectivity index (χ3v) is 2.68. The summed E-state index contributed by atoms with van der Waals surface area (Å²) in [5.74, 6) is -1.84. The van der Waals surface area contributed by atoms with Crippen molar-refractivity contribution < 1.29 is 27.8 Å². The Balaban J connectivity index is 2.28. The number of ether oxygens (including phenoxy) is 1. The fourth-order valence-electron chi connectivity index (χ4n) is 1.65. The minimum absolute atomic E-state index is 0.0714. The van der Waals surface area contributed by atoms with E-state index >= 15 is 0 Å². The summed E-state index contributed by atoms with van der Waals surface area (Å²) in [5, 5.41) is 8.76. The molecule has 0 bridgehead atoms.